The molecule has 0 aliphatic rings. The van der Waals surface area contributed by atoms with Gasteiger partial charge in [0.2, 0.25) is 0 Å². The maximum Gasteiger partial charge on any atom is 0.257 e. The predicted molar refractivity (Wildman–Crippen MR) is 109 cm³/mol. The lowest BCUT2D eigenvalue weighted by Crippen LogP contribution is -2.11. The van der Waals surface area contributed by atoms with E-state index in [0.717, 1.165) is 16.6 Å². The van der Waals surface area contributed by atoms with Crippen molar-refractivity contribution >= 4 is 38.9 Å². The molecule has 0 radical (unpaired) electrons. The maximum absolute atomic E-state index is 12.4. The molecular formula is C22H16N2O2S. The molecule has 1 amide bonds. The van der Waals surface area contributed by atoms with Gasteiger partial charge in [-0.3, -0.25) is 14.9 Å². The summed E-state index contributed by atoms with van der Waals surface area (Å²) in [5.74, 6) is -0.272. The van der Waals surface area contributed by atoms with E-state index in [9.17, 15) is 9.59 Å². The van der Waals surface area contributed by atoms with Gasteiger partial charge in [0.05, 0.1) is 5.69 Å². The normalized spacial score (nSPS) is 10.7. The molecule has 0 spiro atoms. The summed E-state index contributed by atoms with van der Waals surface area (Å²) in [6.45, 7) is 1.50. The predicted octanol–water partition coefficient (Wildman–Crippen LogP) is 5.42. The summed E-state index contributed by atoms with van der Waals surface area (Å²) in [6.07, 6.45) is 0. The highest BCUT2D eigenvalue weighted by Crippen LogP contribution is 2.28. The minimum Gasteiger partial charge on any atom is -0.298 e. The molecule has 0 bridgehead atoms. The highest BCUT2D eigenvalue weighted by atomic mass is 32.1. The van der Waals surface area contributed by atoms with Gasteiger partial charge < -0.3 is 0 Å². The first-order valence-corrected chi connectivity index (χ1v) is 9.35. The number of hydrogen-bond donors (Lipinski definition) is 1. The Hall–Kier alpha value is -3.31. The number of amides is 1. The number of nitrogens with one attached hydrogen (secondary N) is 1. The Morgan fingerprint density at radius 3 is 2.33 bits per heavy atom. The van der Waals surface area contributed by atoms with Crippen LogP contribution in [0.2, 0.25) is 0 Å². The Bertz CT molecular complexity index is 1150. The zero-order chi connectivity index (χ0) is 18.8. The van der Waals surface area contributed by atoms with Gasteiger partial charge in [-0.2, -0.15) is 0 Å². The third-order valence-electron chi connectivity index (χ3n) is 4.32. The van der Waals surface area contributed by atoms with E-state index in [1.54, 1.807) is 24.3 Å². The van der Waals surface area contributed by atoms with E-state index in [1.807, 2.05) is 23.6 Å². The van der Waals surface area contributed by atoms with Crippen LogP contribution in [0.1, 0.15) is 27.6 Å². The van der Waals surface area contributed by atoms with Crippen LogP contribution in [0.25, 0.3) is 22.0 Å². The first-order valence-electron chi connectivity index (χ1n) is 8.47. The molecule has 5 heteroatoms. The van der Waals surface area contributed by atoms with Gasteiger partial charge in [0, 0.05) is 22.1 Å². The molecule has 1 heterocycles. The number of anilines is 1. The Labute approximate surface area is 160 Å². The lowest BCUT2D eigenvalue weighted by molar-refractivity contribution is 0.100. The number of carbonyl (C=O) groups is 2. The van der Waals surface area contributed by atoms with Crippen molar-refractivity contribution < 1.29 is 9.59 Å². The van der Waals surface area contributed by atoms with Crippen molar-refractivity contribution in [2.45, 2.75) is 6.92 Å². The minimum atomic E-state index is -0.246. The van der Waals surface area contributed by atoms with E-state index in [2.05, 4.69) is 34.6 Å². The van der Waals surface area contributed by atoms with Gasteiger partial charge in [0.25, 0.3) is 5.91 Å². The van der Waals surface area contributed by atoms with E-state index in [1.165, 1.54) is 23.6 Å². The topological polar surface area (TPSA) is 59.1 Å². The quantitative estimate of drug-likeness (QED) is 0.487. The fraction of sp³-hybridized carbons (Fsp3) is 0.0455. The molecule has 1 aromatic heterocycles. The molecule has 0 unspecified atom stereocenters. The van der Waals surface area contributed by atoms with Gasteiger partial charge >= 0.3 is 0 Å². The second-order valence-corrected chi connectivity index (χ2v) is 7.05. The monoisotopic (exact) mass is 372 g/mol. The van der Waals surface area contributed by atoms with Crippen LogP contribution in [0.3, 0.4) is 0 Å². The number of hydrogen-bond acceptors (Lipinski definition) is 4. The van der Waals surface area contributed by atoms with E-state index < -0.39 is 0 Å². The molecule has 4 rings (SSSR count). The zero-order valence-corrected chi connectivity index (χ0v) is 15.4. The van der Waals surface area contributed by atoms with Crippen molar-refractivity contribution in [3.63, 3.8) is 0 Å². The molecule has 4 aromatic rings. The summed E-state index contributed by atoms with van der Waals surface area (Å²) in [5, 5.41) is 7.62. The molecule has 4 nitrogen and oxygen atoms in total. The summed E-state index contributed by atoms with van der Waals surface area (Å²) in [6, 6.07) is 20.9. The molecule has 0 saturated heterocycles. The number of benzene rings is 3. The third-order valence-corrected chi connectivity index (χ3v) is 5.08. The van der Waals surface area contributed by atoms with Crippen LogP contribution in [-0.2, 0) is 0 Å². The Balaban J connectivity index is 1.53. The van der Waals surface area contributed by atoms with Gasteiger partial charge in [0.1, 0.15) is 0 Å². The highest BCUT2D eigenvalue weighted by molar-refractivity contribution is 7.14. The average Bonchev–Trinajstić information content (AvgIpc) is 3.16. The van der Waals surface area contributed by atoms with Crippen LogP contribution in [0.4, 0.5) is 5.13 Å². The van der Waals surface area contributed by atoms with Crippen LogP contribution in [0.5, 0.6) is 0 Å². The number of nitrogens with zero attached hydrogens (tertiary/aromatic N) is 1. The Kier molecular flexibility index (Phi) is 4.52. The van der Waals surface area contributed by atoms with E-state index in [0.29, 0.717) is 16.3 Å². The van der Waals surface area contributed by atoms with Crippen molar-refractivity contribution in [3.8, 4) is 11.3 Å². The Morgan fingerprint density at radius 1 is 0.889 bits per heavy atom. The van der Waals surface area contributed by atoms with E-state index >= 15 is 0 Å². The first-order chi connectivity index (χ1) is 13.1. The van der Waals surface area contributed by atoms with Crippen LogP contribution in [0, 0.1) is 0 Å². The molecule has 0 saturated carbocycles. The van der Waals surface area contributed by atoms with Crippen LogP contribution in [0.15, 0.2) is 72.1 Å². The van der Waals surface area contributed by atoms with Crippen molar-refractivity contribution in [2.24, 2.45) is 0 Å². The molecule has 0 atom stereocenters. The SMILES string of the molecule is CC(=O)c1ccc(C(=O)Nc2nc(-c3ccc4ccccc4c3)cs2)cc1. The molecule has 27 heavy (non-hydrogen) atoms. The minimum absolute atomic E-state index is 0.0260. The van der Waals surface area contributed by atoms with E-state index in [4.69, 9.17) is 0 Å². The van der Waals surface area contributed by atoms with Gasteiger partial charge in [0.15, 0.2) is 10.9 Å². The van der Waals surface area contributed by atoms with Gasteiger partial charge in [-0.05, 0) is 35.9 Å². The fourth-order valence-corrected chi connectivity index (χ4v) is 3.55. The molecule has 3 aromatic carbocycles. The Morgan fingerprint density at radius 2 is 1.59 bits per heavy atom. The summed E-state index contributed by atoms with van der Waals surface area (Å²) in [5.41, 5.74) is 2.91. The van der Waals surface area contributed by atoms with Crippen LogP contribution < -0.4 is 5.32 Å². The standard InChI is InChI=1S/C22H16N2O2S/c1-14(25)15-6-9-17(10-7-15)21(26)24-22-23-20(13-27-22)19-11-8-16-4-2-3-5-18(16)12-19/h2-13H,1H3,(H,23,24,26). The summed E-state index contributed by atoms with van der Waals surface area (Å²) in [4.78, 5) is 28.2. The number of rotatable bonds is 4. The highest BCUT2D eigenvalue weighted by Gasteiger charge is 2.11. The number of fused-ring (bicyclic) bond motifs is 1. The van der Waals surface area contributed by atoms with Gasteiger partial charge in [-0.1, -0.05) is 48.5 Å². The van der Waals surface area contributed by atoms with Crippen molar-refractivity contribution in [3.05, 3.63) is 83.2 Å². The second-order valence-electron chi connectivity index (χ2n) is 6.19. The fourth-order valence-electron chi connectivity index (χ4n) is 2.84. The van der Waals surface area contributed by atoms with Crippen LogP contribution in [-0.4, -0.2) is 16.7 Å². The van der Waals surface area contributed by atoms with Crippen LogP contribution >= 0.6 is 11.3 Å². The maximum atomic E-state index is 12.4. The molecule has 0 aliphatic carbocycles. The molecule has 0 aliphatic heterocycles. The van der Waals surface area contributed by atoms with Crippen molar-refractivity contribution in [1.82, 2.24) is 4.98 Å². The second kappa shape index (κ2) is 7.13. The van der Waals surface area contributed by atoms with E-state index in [-0.39, 0.29) is 11.7 Å². The van der Waals surface area contributed by atoms with Crippen molar-refractivity contribution in [2.75, 3.05) is 5.32 Å². The molecule has 0 fully saturated rings. The van der Waals surface area contributed by atoms with Gasteiger partial charge in [-0.15, -0.1) is 11.3 Å². The average molecular weight is 372 g/mol. The van der Waals surface area contributed by atoms with Crippen molar-refractivity contribution in [1.29, 1.82) is 0 Å². The zero-order valence-electron chi connectivity index (χ0n) is 14.6. The molecule has 1 N–H and O–H groups in total. The smallest absolute Gasteiger partial charge is 0.257 e. The summed E-state index contributed by atoms with van der Waals surface area (Å²) >= 11 is 1.38. The summed E-state index contributed by atoms with van der Waals surface area (Å²) in [7, 11) is 0. The molecule has 132 valence electrons. The number of aromatic nitrogens is 1. The number of carbonyl (C=O) groups excluding carboxylic acids is 2. The summed E-state index contributed by atoms with van der Waals surface area (Å²) < 4.78 is 0. The lowest BCUT2D eigenvalue weighted by atomic mass is 10.1. The number of Topliss-reactive ketones (excluding diaryl/α,β-unsaturated/α-hetero) is 1. The third kappa shape index (κ3) is 3.64. The number of ketones is 1. The van der Waals surface area contributed by atoms with Gasteiger partial charge in [-0.25, -0.2) is 4.98 Å². The number of thiazole rings is 1. The lowest BCUT2D eigenvalue weighted by Gasteiger charge is -2.03. The first kappa shape index (κ1) is 17.1. The molecular weight excluding hydrogens is 356 g/mol. The largest absolute Gasteiger partial charge is 0.298 e.